The quantitative estimate of drug-likeness (QED) is 0.438. The Morgan fingerprint density at radius 2 is 2.21 bits per heavy atom. The molecular formula is C12H18N2O4S. The lowest BCUT2D eigenvalue weighted by Gasteiger charge is -2.26. The average Bonchev–Trinajstić information content (AvgIpc) is 2.74. The zero-order chi connectivity index (χ0) is 14.6. The molecule has 1 rings (SSSR count). The number of methoxy groups -OCH3 is 1. The summed E-state index contributed by atoms with van der Waals surface area (Å²) in [6, 6.07) is 1.44. The Morgan fingerprint density at radius 1 is 1.58 bits per heavy atom. The number of anilines is 1. The first-order valence-corrected chi connectivity index (χ1v) is 6.74. The number of nitrogens with zero attached hydrogens (tertiary/aromatic N) is 2. The molecular weight excluding hydrogens is 268 g/mol. The van der Waals surface area contributed by atoms with E-state index < -0.39 is 4.92 Å². The summed E-state index contributed by atoms with van der Waals surface area (Å²) in [5, 5.41) is 11.6. The van der Waals surface area contributed by atoms with Crippen LogP contribution in [0.1, 0.15) is 30.4 Å². The largest absolute Gasteiger partial charge is 0.383 e. The minimum atomic E-state index is -0.444. The van der Waals surface area contributed by atoms with Crippen LogP contribution >= 0.6 is 11.3 Å². The van der Waals surface area contributed by atoms with Crippen LogP contribution in [0.4, 0.5) is 10.7 Å². The summed E-state index contributed by atoms with van der Waals surface area (Å²) in [7, 11) is 1.59. The second kappa shape index (κ2) is 6.63. The first kappa shape index (κ1) is 15.6. The highest BCUT2D eigenvalue weighted by Crippen LogP contribution is 2.38. The van der Waals surface area contributed by atoms with Crippen molar-refractivity contribution in [3.05, 3.63) is 21.1 Å². The van der Waals surface area contributed by atoms with E-state index >= 15 is 0 Å². The third-order valence-electron chi connectivity index (χ3n) is 2.66. The Bertz CT molecular complexity index is 470. The first-order valence-electron chi connectivity index (χ1n) is 5.93. The summed E-state index contributed by atoms with van der Waals surface area (Å²) in [4.78, 5) is 24.3. The van der Waals surface area contributed by atoms with Gasteiger partial charge in [-0.1, -0.05) is 0 Å². The van der Waals surface area contributed by atoms with Crippen LogP contribution < -0.4 is 4.90 Å². The van der Waals surface area contributed by atoms with Gasteiger partial charge in [0.15, 0.2) is 10.8 Å². The number of carbonyl (C=O) groups is 1. The van der Waals surface area contributed by atoms with Crippen molar-refractivity contribution in [2.75, 3.05) is 25.2 Å². The molecule has 0 radical (unpaired) electrons. The molecule has 6 nitrogen and oxygen atoms in total. The van der Waals surface area contributed by atoms with Crippen molar-refractivity contribution in [2.45, 2.75) is 26.8 Å². The predicted molar refractivity (Wildman–Crippen MR) is 75.3 cm³/mol. The van der Waals surface area contributed by atoms with Gasteiger partial charge >= 0.3 is 5.69 Å². The number of ether oxygens (including phenoxy) is 1. The molecule has 0 aliphatic rings. The SMILES string of the molecule is COCCN(c1sc(C(C)=O)cc1[N+](=O)[O-])C(C)C. The van der Waals surface area contributed by atoms with Crippen molar-refractivity contribution < 1.29 is 14.5 Å². The highest BCUT2D eigenvalue weighted by atomic mass is 32.1. The van der Waals surface area contributed by atoms with E-state index in [1.54, 1.807) is 7.11 Å². The maximum atomic E-state index is 11.4. The maximum Gasteiger partial charge on any atom is 0.304 e. The van der Waals surface area contributed by atoms with Crippen molar-refractivity contribution >= 4 is 27.8 Å². The lowest BCUT2D eigenvalue weighted by molar-refractivity contribution is -0.383. The molecule has 0 saturated carbocycles. The molecule has 0 bridgehead atoms. The molecule has 0 aliphatic heterocycles. The second-order valence-corrected chi connectivity index (χ2v) is 5.42. The summed E-state index contributed by atoms with van der Waals surface area (Å²) in [5.41, 5.74) is -0.0139. The zero-order valence-electron chi connectivity index (χ0n) is 11.5. The normalized spacial score (nSPS) is 10.8. The number of nitro groups is 1. The standard InChI is InChI=1S/C12H18N2O4S/c1-8(2)13(5-6-18-4)12-10(14(16)17)7-11(19-12)9(3)15/h7-8H,5-6H2,1-4H3. The molecule has 106 valence electrons. The molecule has 0 N–H and O–H groups in total. The highest BCUT2D eigenvalue weighted by molar-refractivity contribution is 7.18. The first-order chi connectivity index (χ1) is 8.88. The van der Waals surface area contributed by atoms with E-state index in [-0.39, 0.29) is 17.5 Å². The topological polar surface area (TPSA) is 72.7 Å². The summed E-state index contributed by atoms with van der Waals surface area (Å²) >= 11 is 1.16. The number of Topliss-reactive ketones (excluding diaryl/α,β-unsaturated/α-hetero) is 1. The fraction of sp³-hybridized carbons (Fsp3) is 0.583. The summed E-state index contributed by atoms with van der Waals surface area (Å²) in [6.45, 7) is 6.34. The van der Waals surface area contributed by atoms with Crippen molar-refractivity contribution in [2.24, 2.45) is 0 Å². The number of ketones is 1. The Balaban J connectivity index is 3.19. The second-order valence-electron chi connectivity index (χ2n) is 4.39. The van der Waals surface area contributed by atoms with Gasteiger partial charge < -0.3 is 9.64 Å². The van der Waals surface area contributed by atoms with E-state index in [0.717, 1.165) is 11.3 Å². The smallest absolute Gasteiger partial charge is 0.304 e. The number of hydrogen-bond acceptors (Lipinski definition) is 6. The Morgan fingerprint density at radius 3 is 2.63 bits per heavy atom. The molecule has 0 amide bonds. The van der Waals surface area contributed by atoms with Crippen molar-refractivity contribution in [1.29, 1.82) is 0 Å². The number of carbonyl (C=O) groups excluding carboxylic acids is 1. The third-order valence-corrected chi connectivity index (χ3v) is 3.92. The molecule has 1 heterocycles. The van der Waals surface area contributed by atoms with Crippen LogP contribution in [0.15, 0.2) is 6.07 Å². The molecule has 1 aromatic heterocycles. The maximum absolute atomic E-state index is 11.4. The molecule has 0 atom stereocenters. The summed E-state index contributed by atoms with van der Waals surface area (Å²) in [5.74, 6) is -0.158. The van der Waals surface area contributed by atoms with Gasteiger partial charge in [0.05, 0.1) is 16.4 Å². The van der Waals surface area contributed by atoms with E-state index in [9.17, 15) is 14.9 Å². The van der Waals surface area contributed by atoms with Gasteiger partial charge in [0.2, 0.25) is 0 Å². The summed E-state index contributed by atoms with van der Waals surface area (Å²) in [6.07, 6.45) is 0. The molecule has 1 aromatic rings. The lowest BCUT2D eigenvalue weighted by Crippen LogP contribution is -2.33. The molecule has 0 aromatic carbocycles. The number of hydrogen-bond donors (Lipinski definition) is 0. The fourth-order valence-electron chi connectivity index (χ4n) is 1.67. The van der Waals surface area contributed by atoms with E-state index in [1.807, 2.05) is 18.7 Å². The molecule has 19 heavy (non-hydrogen) atoms. The van der Waals surface area contributed by atoms with Crippen LogP contribution in [0.3, 0.4) is 0 Å². The van der Waals surface area contributed by atoms with Crippen LogP contribution in [0.25, 0.3) is 0 Å². The Labute approximate surface area is 116 Å². The minimum Gasteiger partial charge on any atom is -0.383 e. The van der Waals surface area contributed by atoms with E-state index in [2.05, 4.69) is 0 Å². The molecule has 0 unspecified atom stereocenters. The number of rotatable bonds is 7. The van der Waals surface area contributed by atoms with Crippen LogP contribution in [-0.4, -0.2) is 37.0 Å². The van der Waals surface area contributed by atoms with Crippen LogP contribution in [0.2, 0.25) is 0 Å². The van der Waals surface area contributed by atoms with E-state index in [0.29, 0.717) is 23.0 Å². The lowest BCUT2D eigenvalue weighted by atomic mass is 10.3. The van der Waals surface area contributed by atoms with Crippen LogP contribution in [0, 0.1) is 10.1 Å². The van der Waals surface area contributed by atoms with Crippen LogP contribution in [-0.2, 0) is 4.74 Å². The Hall–Kier alpha value is -1.47. The number of thiophene rings is 1. The van der Waals surface area contributed by atoms with Crippen molar-refractivity contribution in [1.82, 2.24) is 0 Å². The van der Waals surface area contributed by atoms with Crippen molar-refractivity contribution in [3.63, 3.8) is 0 Å². The molecule has 0 spiro atoms. The van der Waals surface area contributed by atoms with Crippen molar-refractivity contribution in [3.8, 4) is 0 Å². The summed E-state index contributed by atoms with van der Waals surface area (Å²) < 4.78 is 5.02. The van der Waals surface area contributed by atoms with Gasteiger partial charge in [0, 0.05) is 25.8 Å². The van der Waals surface area contributed by atoms with Gasteiger partial charge in [-0.25, -0.2) is 0 Å². The van der Waals surface area contributed by atoms with Gasteiger partial charge in [0.25, 0.3) is 0 Å². The van der Waals surface area contributed by atoms with Gasteiger partial charge in [-0.15, -0.1) is 11.3 Å². The Kier molecular flexibility index (Phi) is 5.44. The predicted octanol–water partition coefficient (Wildman–Crippen LogP) is 2.72. The third kappa shape index (κ3) is 3.74. The fourth-order valence-corrected chi connectivity index (χ4v) is 2.85. The highest BCUT2D eigenvalue weighted by Gasteiger charge is 2.26. The molecule has 0 fully saturated rings. The van der Waals surface area contributed by atoms with E-state index in [4.69, 9.17) is 4.74 Å². The van der Waals surface area contributed by atoms with Gasteiger partial charge in [-0.05, 0) is 20.8 Å². The van der Waals surface area contributed by atoms with Gasteiger partial charge in [0.1, 0.15) is 0 Å². The van der Waals surface area contributed by atoms with E-state index in [1.165, 1.54) is 13.0 Å². The molecule has 7 heteroatoms. The average molecular weight is 286 g/mol. The van der Waals surface area contributed by atoms with Gasteiger partial charge in [-0.2, -0.15) is 0 Å². The molecule has 0 saturated heterocycles. The zero-order valence-corrected chi connectivity index (χ0v) is 12.3. The van der Waals surface area contributed by atoms with Gasteiger partial charge in [-0.3, -0.25) is 14.9 Å². The molecule has 0 aliphatic carbocycles. The van der Waals surface area contributed by atoms with Crippen LogP contribution in [0.5, 0.6) is 0 Å². The monoisotopic (exact) mass is 286 g/mol. The minimum absolute atomic E-state index is 0.0139.